The average molecular weight is 336 g/mol. The minimum atomic E-state index is 0.100. The van der Waals surface area contributed by atoms with Crippen molar-refractivity contribution in [1.82, 2.24) is 19.5 Å². The Hall–Kier alpha value is -2.69. The van der Waals surface area contributed by atoms with Crippen molar-refractivity contribution in [3.05, 3.63) is 53.3 Å². The molecule has 3 aromatic rings. The number of hydrogen-bond acceptors (Lipinski definition) is 3. The van der Waals surface area contributed by atoms with Gasteiger partial charge in [0.25, 0.3) is 0 Å². The molecule has 1 aromatic carbocycles. The van der Waals surface area contributed by atoms with Crippen LogP contribution in [0.4, 0.5) is 0 Å². The fourth-order valence-electron chi connectivity index (χ4n) is 3.00. The molecule has 0 spiro atoms. The molecular formula is C20H24N4O. The molecule has 0 fully saturated rings. The first-order chi connectivity index (χ1) is 12.0. The number of fused-ring (bicyclic) bond motifs is 1. The van der Waals surface area contributed by atoms with Gasteiger partial charge >= 0.3 is 0 Å². The zero-order valence-electron chi connectivity index (χ0n) is 15.3. The second kappa shape index (κ2) is 7.05. The third-order valence-corrected chi connectivity index (χ3v) is 4.46. The predicted octanol–water partition coefficient (Wildman–Crippen LogP) is 3.42. The molecule has 0 saturated carbocycles. The summed E-state index contributed by atoms with van der Waals surface area (Å²) in [7, 11) is 0. The second-order valence-corrected chi connectivity index (χ2v) is 6.26. The van der Waals surface area contributed by atoms with E-state index in [2.05, 4.69) is 36.3 Å². The Morgan fingerprint density at radius 2 is 1.72 bits per heavy atom. The number of hydrogen-bond donors (Lipinski definition) is 0. The first kappa shape index (κ1) is 17.1. The van der Waals surface area contributed by atoms with E-state index in [-0.39, 0.29) is 5.91 Å². The Morgan fingerprint density at radius 3 is 2.36 bits per heavy atom. The number of aryl methyl sites for hydroxylation is 2. The third kappa shape index (κ3) is 3.40. The van der Waals surface area contributed by atoms with Crippen molar-refractivity contribution in [2.24, 2.45) is 0 Å². The molecule has 0 saturated heterocycles. The Bertz CT molecular complexity index is 892. The number of imidazole rings is 1. The van der Waals surface area contributed by atoms with Gasteiger partial charge in [0.05, 0.1) is 23.5 Å². The van der Waals surface area contributed by atoms with Crippen molar-refractivity contribution >= 4 is 11.6 Å². The van der Waals surface area contributed by atoms with Crippen LogP contribution < -0.4 is 0 Å². The lowest BCUT2D eigenvalue weighted by molar-refractivity contribution is -0.130. The van der Waals surface area contributed by atoms with Crippen LogP contribution in [-0.4, -0.2) is 38.5 Å². The highest BCUT2D eigenvalue weighted by Gasteiger charge is 2.20. The van der Waals surface area contributed by atoms with Crippen LogP contribution in [-0.2, 0) is 11.2 Å². The van der Waals surface area contributed by atoms with Crippen LogP contribution in [0, 0.1) is 13.8 Å². The summed E-state index contributed by atoms with van der Waals surface area (Å²) in [5, 5.41) is 4.59. The fraction of sp³-hybridized carbons (Fsp3) is 0.350. The number of carbonyl (C=O) groups is 1. The van der Waals surface area contributed by atoms with Crippen LogP contribution in [0.5, 0.6) is 0 Å². The van der Waals surface area contributed by atoms with E-state index >= 15 is 0 Å². The van der Waals surface area contributed by atoms with E-state index in [0.717, 1.165) is 28.3 Å². The normalized spacial score (nSPS) is 11.0. The van der Waals surface area contributed by atoms with Gasteiger partial charge < -0.3 is 4.90 Å². The SMILES string of the molecule is CCN(CC)C(=O)Cc1c(-c2ccc(C)cc2)nc2ccc(C)nn12. The number of nitrogens with zero attached hydrogens (tertiary/aromatic N) is 4. The number of amides is 1. The van der Waals surface area contributed by atoms with Crippen LogP contribution in [0.25, 0.3) is 16.9 Å². The predicted molar refractivity (Wildman–Crippen MR) is 99.5 cm³/mol. The van der Waals surface area contributed by atoms with E-state index in [9.17, 15) is 4.79 Å². The first-order valence-electron chi connectivity index (χ1n) is 8.73. The van der Waals surface area contributed by atoms with Crippen molar-refractivity contribution in [3.8, 4) is 11.3 Å². The minimum absolute atomic E-state index is 0.100. The van der Waals surface area contributed by atoms with Crippen LogP contribution in [0.3, 0.4) is 0 Å². The van der Waals surface area contributed by atoms with Gasteiger partial charge in [-0.3, -0.25) is 4.79 Å². The summed E-state index contributed by atoms with van der Waals surface area (Å²) in [6.45, 7) is 9.42. The summed E-state index contributed by atoms with van der Waals surface area (Å²) in [5.74, 6) is 0.100. The second-order valence-electron chi connectivity index (χ2n) is 6.26. The molecule has 130 valence electrons. The maximum absolute atomic E-state index is 12.7. The van der Waals surface area contributed by atoms with E-state index in [4.69, 9.17) is 4.98 Å². The van der Waals surface area contributed by atoms with Crippen LogP contribution in [0.15, 0.2) is 36.4 Å². The number of aromatic nitrogens is 3. The average Bonchev–Trinajstić information content (AvgIpc) is 2.94. The molecule has 0 N–H and O–H groups in total. The quantitative estimate of drug-likeness (QED) is 0.717. The van der Waals surface area contributed by atoms with Crippen molar-refractivity contribution < 1.29 is 4.79 Å². The molecule has 0 radical (unpaired) electrons. The lowest BCUT2D eigenvalue weighted by Gasteiger charge is -2.18. The number of likely N-dealkylation sites (N-methyl/N-ethyl adjacent to an activating group) is 1. The summed E-state index contributed by atoms with van der Waals surface area (Å²) in [6, 6.07) is 12.1. The molecular weight excluding hydrogens is 312 g/mol. The Morgan fingerprint density at radius 1 is 1.04 bits per heavy atom. The van der Waals surface area contributed by atoms with Gasteiger partial charge in [-0.15, -0.1) is 0 Å². The largest absolute Gasteiger partial charge is 0.343 e. The minimum Gasteiger partial charge on any atom is -0.343 e. The number of carbonyl (C=O) groups excluding carboxylic acids is 1. The van der Waals surface area contributed by atoms with E-state index in [1.54, 1.807) is 0 Å². The Kier molecular flexibility index (Phi) is 4.83. The zero-order chi connectivity index (χ0) is 18.0. The van der Waals surface area contributed by atoms with Crippen LogP contribution in [0.1, 0.15) is 30.8 Å². The van der Waals surface area contributed by atoms with Crippen molar-refractivity contribution in [2.45, 2.75) is 34.1 Å². The zero-order valence-corrected chi connectivity index (χ0v) is 15.3. The van der Waals surface area contributed by atoms with Gasteiger partial charge in [0, 0.05) is 18.7 Å². The first-order valence-corrected chi connectivity index (χ1v) is 8.73. The maximum Gasteiger partial charge on any atom is 0.228 e. The number of rotatable bonds is 5. The van der Waals surface area contributed by atoms with Crippen LogP contribution >= 0.6 is 0 Å². The van der Waals surface area contributed by atoms with Gasteiger partial charge in [-0.1, -0.05) is 29.8 Å². The highest BCUT2D eigenvalue weighted by Crippen LogP contribution is 2.25. The lowest BCUT2D eigenvalue weighted by Crippen LogP contribution is -2.32. The molecule has 25 heavy (non-hydrogen) atoms. The highest BCUT2D eigenvalue weighted by atomic mass is 16.2. The summed E-state index contributed by atoms with van der Waals surface area (Å²) in [6.07, 6.45) is 0.294. The smallest absolute Gasteiger partial charge is 0.228 e. The third-order valence-electron chi connectivity index (χ3n) is 4.46. The topological polar surface area (TPSA) is 50.5 Å². The van der Waals surface area contributed by atoms with Crippen LogP contribution in [0.2, 0.25) is 0 Å². The molecule has 5 nitrogen and oxygen atoms in total. The standard InChI is InChI=1S/C20H24N4O/c1-5-23(6-2)19(25)13-17-20(16-10-7-14(3)8-11-16)21-18-12-9-15(4)22-24(17)18/h7-12H,5-6,13H2,1-4H3. The molecule has 2 heterocycles. The van der Waals surface area contributed by atoms with Gasteiger partial charge in [0.15, 0.2) is 5.65 Å². The molecule has 0 aliphatic rings. The van der Waals surface area contributed by atoms with Gasteiger partial charge in [0.1, 0.15) is 0 Å². The number of benzene rings is 1. The van der Waals surface area contributed by atoms with E-state index in [1.165, 1.54) is 5.56 Å². The molecule has 0 unspecified atom stereocenters. The summed E-state index contributed by atoms with van der Waals surface area (Å²) >= 11 is 0. The molecule has 0 bridgehead atoms. The van der Waals surface area contributed by atoms with E-state index in [0.29, 0.717) is 19.5 Å². The molecule has 0 aliphatic carbocycles. The molecule has 0 atom stereocenters. The maximum atomic E-state index is 12.7. The fourth-order valence-corrected chi connectivity index (χ4v) is 3.00. The van der Waals surface area contributed by atoms with Crippen molar-refractivity contribution in [3.63, 3.8) is 0 Å². The molecule has 0 aliphatic heterocycles. The Balaban J connectivity index is 2.12. The summed E-state index contributed by atoms with van der Waals surface area (Å²) < 4.78 is 1.81. The highest BCUT2D eigenvalue weighted by molar-refractivity contribution is 5.81. The monoisotopic (exact) mass is 336 g/mol. The molecule has 2 aromatic heterocycles. The lowest BCUT2D eigenvalue weighted by atomic mass is 10.1. The van der Waals surface area contributed by atoms with Crippen molar-refractivity contribution in [2.75, 3.05) is 13.1 Å². The van der Waals surface area contributed by atoms with E-state index in [1.807, 2.05) is 42.3 Å². The molecule has 1 amide bonds. The summed E-state index contributed by atoms with van der Waals surface area (Å²) in [4.78, 5) is 19.3. The molecule has 3 rings (SSSR count). The van der Waals surface area contributed by atoms with Gasteiger partial charge in [-0.05, 0) is 39.8 Å². The summed E-state index contributed by atoms with van der Waals surface area (Å²) in [5.41, 5.74) is 5.55. The van der Waals surface area contributed by atoms with E-state index < -0.39 is 0 Å². The van der Waals surface area contributed by atoms with Crippen molar-refractivity contribution in [1.29, 1.82) is 0 Å². The van der Waals surface area contributed by atoms with Gasteiger partial charge in [0.2, 0.25) is 5.91 Å². The molecule has 5 heteroatoms. The van der Waals surface area contributed by atoms with Gasteiger partial charge in [-0.25, -0.2) is 9.50 Å². The Labute approximate surface area is 148 Å². The van der Waals surface area contributed by atoms with Gasteiger partial charge in [-0.2, -0.15) is 5.10 Å².